The van der Waals surface area contributed by atoms with Gasteiger partial charge in [0.1, 0.15) is 6.61 Å². The summed E-state index contributed by atoms with van der Waals surface area (Å²) in [5.41, 5.74) is 6.98. The summed E-state index contributed by atoms with van der Waals surface area (Å²) in [7, 11) is 0. The van der Waals surface area contributed by atoms with Crippen LogP contribution in [0.2, 0.25) is 0 Å². The van der Waals surface area contributed by atoms with Gasteiger partial charge in [0, 0.05) is 23.0 Å². The minimum atomic E-state index is -0.935. The molecule has 194 valence electrons. The van der Waals surface area contributed by atoms with Crippen molar-refractivity contribution in [3.8, 4) is 11.3 Å². The highest BCUT2D eigenvalue weighted by atomic mass is 16.5. The van der Waals surface area contributed by atoms with Gasteiger partial charge in [0.05, 0.1) is 17.3 Å². The smallest absolute Gasteiger partial charge is 0.407 e. The molecule has 6 heteroatoms. The molecule has 1 unspecified atom stereocenters. The van der Waals surface area contributed by atoms with E-state index in [9.17, 15) is 14.7 Å². The Kier molecular flexibility index (Phi) is 6.62. The minimum absolute atomic E-state index is 0.205. The molecule has 1 aliphatic heterocycles. The van der Waals surface area contributed by atoms with Crippen molar-refractivity contribution >= 4 is 23.0 Å². The number of aromatic nitrogens is 1. The van der Waals surface area contributed by atoms with Gasteiger partial charge in [0.15, 0.2) is 0 Å². The molecule has 0 radical (unpaired) electrons. The SMILES string of the molecule is O=C(NC1Cc2ccccc2-c2c(C3CCCCC3)c3ccc(C(=O)O)cc3n2C1)OCc1ccccc1. The van der Waals surface area contributed by atoms with Gasteiger partial charge >= 0.3 is 12.1 Å². The third kappa shape index (κ3) is 4.67. The largest absolute Gasteiger partial charge is 0.478 e. The molecule has 6 nitrogen and oxygen atoms in total. The van der Waals surface area contributed by atoms with Gasteiger partial charge in [-0.2, -0.15) is 0 Å². The predicted octanol–water partition coefficient (Wildman–Crippen LogP) is 6.91. The van der Waals surface area contributed by atoms with Crippen molar-refractivity contribution in [2.75, 3.05) is 0 Å². The van der Waals surface area contributed by atoms with Gasteiger partial charge in [-0.25, -0.2) is 9.59 Å². The van der Waals surface area contributed by atoms with Crippen LogP contribution in [-0.2, 0) is 24.3 Å². The molecule has 6 rings (SSSR count). The molecular weight excluding hydrogens is 476 g/mol. The molecule has 3 aromatic carbocycles. The molecule has 1 atom stereocenters. The minimum Gasteiger partial charge on any atom is -0.478 e. The van der Waals surface area contributed by atoms with E-state index >= 15 is 0 Å². The van der Waals surface area contributed by atoms with Crippen LogP contribution in [0.15, 0.2) is 72.8 Å². The van der Waals surface area contributed by atoms with Crippen molar-refractivity contribution in [2.24, 2.45) is 0 Å². The highest BCUT2D eigenvalue weighted by molar-refractivity contribution is 5.98. The normalized spacial score (nSPS) is 17.3. The molecule has 1 aromatic heterocycles. The van der Waals surface area contributed by atoms with E-state index in [4.69, 9.17) is 4.74 Å². The average Bonchev–Trinajstić information content (AvgIpc) is 3.16. The van der Waals surface area contributed by atoms with Crippen LogP contribution in [0.3, 0.4) is 0 Å². The van der Waals surface area contributed by atoms with E-state index in [-0.39, 0.29) is 18.2 Å². The second-order valence-electron chi connectivity index (χ2n) is 10.5. The van der Waals surface area contributed by atoms with Crippen LogP contribution >= 0.6 is 0 Å². The zero-order chi connectivity index (χ0) is 26.1. The molecule has 38 heavy (non-hydrogen) atoms. The Hall–Kier alpha value is -4.06. The van der Waals surface area contributed by atoms with E-state index in [0.29, 0.717) is 18.9 Å². The van der Waals surface area contributed by atoms with Crippen LogP contribution in [0.1, 0.15) is 65.1 Å². The van der Waals surface area contributed by atoms with Gasteiger partial charge in [-0.15, -0.1) is 0 Å². The van der Waals surface area contributed by atoms with E-state index in [1.807, 2.05) is 42.5 Å². The highest BCUT2D eigenvalue weighted by Gasteiger charge is 2.31. The van der Waals surface area contributed by atoms with Crippen molar-refractivity contribution in [1.29, 1.82) is 0 Å². The summed E-state index contributed by atoms with van der Waals surface area (Å²) in [6, 6.07) is 23.4. The van der Waals surface area contributed by atoms with Crippen molar-refractivity contribution in [2.45, 2.75) is 63.6 Å². The summed E-state index contributed by atoms with van der Waals surface area (Å²) in [6.45, 7) is 0.748. The Morgan fingerprint density at radius 2 is 1.71 bits per heavy atom. The molecule has 1 amide bonds. The van der Waals surface area contributed by atoms with Gasteiger partial charge in [-0.05, 0) is 54.0 Å². The van der Waals surface area contributed by atoms with Crippen LogP contribution < -0.4 is 5.32 Å². The number of hydrogen-bond donors (Lipinski definition) is 2. The monoisotopic (exact) mass is 508 g/mol. The molecule has 0 saturated heterocycles. The number of carbonyl (C=O) groups is 2. The Labute approximate surface area is 222 Å². The number of amides is 1. The van der Waals surface area contributed by atoms with Gasteiger partial charge in [-0.1, -0.05) is 79.9 Å². The first-order valence-electron chi connectivity index (χ1n) is 13.5. The zero-order valence-corrected chi connectivity index (χ0v) is 21.4. The maximum Gasteiger partial charge on any atom is 0.407 e. The summed E-state index contributed by atoms with van der Waals surface area (Å²) < 4.78 is 7.80. The number of rotatable bonds is 5. The number of carboxylic acid groups (broad SMARTS) is 1. The second kappa shape index (κ2) is 10.4. The summed E-state index contributed by atoms with van der Waals surface area (Å²) in [5, 5.41) is 14.0. The third-order valence-corrected chi connectivity index (χ3v) is 8.04. The van der Waals surface area contributed by atoms with Crippen molar-refractivity contribution in [3.05, 3.63) is 95.1 Å². The Morgan fingerprint density at radius 1 is 0.947 bits per heavy atom. The van der Waals surface area contributed by atoms with Gasteiger partial charge in [-0.3, -0.25) is 0 Å². The number of carbonyl (C=O) groups excluding carboxylic acids is 1. The first-order chi connectivity index (χ1) is 18.6. The van der Waals surface area contributed by atoms with Crippen molar-refractivity contribution in [1.82, 2.24) is 9.88 Å². The summed E-state index contributed by atoms with van der Waals surface area (Å²) in [5.74, 6) is -0.499. The molecule has 1 aliphatic carbocycles. The first kappa shape index (κ1) is 24.3. The van der Waals surface area contributed by atoms with E-state index in [1.54, 1.807) is 12.1 Å². The van der Waals surface area contributed by atoms with Gasteiger partial charge < -0.3 is 19.7 Å². The van der Waals surface area contributed by atoms with E-state index in [2.05, 4.69) is 28.1 Å². The number of alkyl carbamates (subject to hydrolysis) is 1. The predicted molar refractivity (Wildman–Crippen MR) is 147 cm³/mol. The zero-order valence-electron chi connectivity index (χ0n) is 21.4. The average molecular weight is 509 g/mol. The number of aromatic carboxylic acids is 1. The lowest BCUT2D eigenvalue weighted by atomic mass is 9.81. The van der Waals surface area contributed by atoms with Crippen LogP contribution in [-0.4, -0.2) is 27.8 Å². The fourth-order valence-electron chi connectivity index (χ4n) is 6.30. The molecule has 2 N–H and O–H groups in total. The maximum atomic E-state index is 12.9. The number of hydrogen-bond acceptors (Lipinski definition) is 3. The third-order valence-electron chi connectivity index (χ3n) is 8.04. The van der Waals surface area contributed by atoms with Crippen LogP contribution in [0, 0.1) is 0 Å². The Bertz CT molecular complexity index is 1480. The van der Waals surface area contributed by atoms with Crippen LogP contribution in [0.25, 0.3) is 22.2 Å². The van der Waals surface area contributed by atoms with Crippen molar-refractivity contribution < 1.29 is 19.4 Å². The fourth-order valence-corrected chi connectivity index (χ4v) is 6.30. The molecule has 2 heterocycles. The maximum absolute atomic E-state index is 12.9. The lowest BCUT2D eigenvalue weighted by molar-refractivity contribution is 0.0697. The van der Waals surface area contributed by atoms with E-state index in [1.165, 1.54) is 41.6 Å². The van der Waals surface area contributed by atoms with E-state index in [0.717, 1.165) is 29.3 Å². The second-order valence-corrected chi connectivity index (χ2v) is 10.5. The quantitative estimate of drug-likeness (QED) is 0.307. The lowest BCUT2D eigenvalue weighted by Crippen LogP contribution is -2.39. The number of nitrogens with one attached hydrogen (secondary N) is 1. The lowest BCUT2D eigenvalue weighted by Gasteiger charge is -2.24. The van der Waals surface area contributed by atoms with Crippen molar-refractivity contribution in [3.63, 3.8) is 0 Å². The number of nitrogens with zero attached hydrogens (tertiary/aromatic N) is 1. The summed E-state index contributed by atoms with van der Waals surface area (Å²) in [6.07, 6.45) is 6.19. The number of fused-ring (bicyclic) bond motifs is 5. The number of carboxylic acids is 1. The van der Waals surface area contributed by atoms with Crippen LogP contribution in [0.4, 0.5) is 4.79 Å². The standard InChI is InChI=1S/C32H32N2O4/c35-31(36)24-15-16-27-28(18-24)34-19-25(33-32(37)38-20-21-9-3-1-4-10-21)17-23-13-7-8-14-26(23)30(34)29(27)22-11-5-2-6-12-22/h1,3-4,7-10,13-16,18,22,25H,2,5-6,11-12,17,19-20H2,(H,33,37)(H,35,36). The van der Waals surface area contributed by atoms with Gasteiger partial charge in [0.2, 0.25) is 0 Å². The molecule has 4 aromatic rings. The molecule has 0 spiro atoms. The Morgan fingerprint density at radius 3 is 2.50 bits per heavy atom. The van der Waals surface area contributed by atoms with Crippen LogP contribution in [0.5, 0.6) is 0 Å². The van der Waals surface area contributed by atoms with E-state index < -0.39 is 12.1 Å². The summed E-state index contributed by atoms with van der Waals surface area (Å²) >= 11 is 0. The molecular formula is C32H32N2O4. The highest BCUT2D eigenvalue weighted by Crippen LogP contribution is 2.46. The molecule has 1 saturated carbocycles. The number of benzene rings is 3. The summed E-state index contributed by atoms with van der Waals surface area (Å²) in [4.78, 5) is 24.8. The molecule has 2 aliphatic rings. The Balaban J connectivity index is 1.42. The number of ether oxygens (including phenoxy) is 1. The van der Waals surface area contributed by atoms with Gasteiger partial charge in [0.25, 0.3) is 0 Å². The first-order valence-corrected chi connectivity index (χ1v) is 13.5. The fraction of sp³-hybridized carbons (Fsp3) is 0.312. The topological polar surface area (TPSA) is 80.6 Å². The molecule has 1 fully saturated rings. The molecule has 0 bridgehead atoms.